The summed E-state index contributed by atoms with van der Waals surface area (Å²) < 4.78 is 5.55. The fraction of sp³-hybridized carbons (Fsp3) is 0.167. The molecule has 3 aromatic carbocycles. The Balaban J connectivity index is 1.51. The summed E-state index contributed by atoms with van der Waals surface area (Å²) >= 11 is 6.07. The highest BCUT2D eigenvalue weighted by atomic mass is 35.5. The summed E-state index contributed by atoms with van der Waals surface area (Å²) in [6.45, 7) is 3.96. The highest BCUT2D eigenvalue weighted by Gasteiger charge is 2.05. The first-order valence-electron chi connectivity index (χ1n) is 9.45. The molecule has 0 aliphatic heterocycles. The summed E-state index contributed by atoms with van der Waals surface area (Å²) in [5, 5.41) is 3.38. The number of anilines is 1. The fourth-order valence-electron chi connectivity index (χ4n) is 2.63. The number of hydrogen-bond donors (Lipinski definition) is 1. The zero-order valence-electron chi connectivity index (χ0n) is 16.5. The van der Waals surface area contributed by atoms with Crippen LogP contribution in [0.5, 0.6) is 5.75 Å². The number of ether oxygens (including phenoxy) is 1. The van der Waals surface area contributed by atoms with Crippen LogP contribution in [0.25, 0.3) is 0 Å². The molecule has 1 N–H and O–H groups in total. The summed E-state index contributed by atoms with van der Waals surface area (Å²) in [6, 6.07) is 21.0. The molecule has 0 atom stereocenters. The summed E-state index contributed by atoms with van der Waals surface area (Å²) in [5.41, 5.74) is 4.77. The van der Waals surface area contributed by atoms with E-state index >= 15 is 0 Å². The molecule has 148 valence electrons. The Morgan fingerprint density at radius 1 is 1.07 bits per heavy atom. The van der Waals surface area contributed by atoms with Gasteiger partial charge in [-0.1, -0.05) is 36.7 Å². The lowest BCUT2D eigenvalue weighted by Crippen LogP contribution is -2.20. The van der Waals surface area contributed by atoms with Crippen LogP contribution in [0.15, 0.2) is 71.7 Å². The van der Waals surface area contributed by atoms with Crippen molar-refractivity contribution in [3.63, 3.8) is 0 Å². The minimum Gasteiger partial charge on any atom is -0.484 e. The molecule has 0 aliphatic carbocycles. The van der Waals surface area contributed by atoms with E-state index in [9.17, 15) is 4.79 Å². The number of nitrogens with zero attached hydrogens (tertiary/aromatic N) is 1. The van der Waals surface area contributed by atoms with E-state index in [4.69, 9.17) is 16.3 Å². The first-order valence-corrected chi connectivity index (χ1v) is 9.83. The van der Waals surface area contributed by atoms with E-state index < -0.39 is 0 Å². The number of rotatable bonds is 7. The van der Waals surface area contributed by atoms with E-state index in [1.54, 1.807) is 12.3 Å². The zero-order valence-corrected chi connectivity index (χ0v) is 17.2. The second-order valence-electron chi connectivity index (χ2n) is 6.65. The Hall–Kier alpha value is -3.11. The number of aliphatic imine (C=N–C) groups is 1. The number of carbonyl (C=O) groups is 1. The predicted molar refractivity (Wildman–Crippen MR) is 120 cm³/mol. The minimum absolute atomic E-state index is 0.0806. The van der Waals surface area contributed by atoms with Crippen molar-refractivity contribution in [1.29, 1.82) is 0 Å². The summed E-state index contributed by atoms with van der Waals surface area (Å²) in [4.78, 5) is 16.5. The molecule has 0 radical (unpaired) electrons. The Kier molecular flexibility index (Phi) is 7.04. The van der Waals surface area contributed by atoms with Gasteiger partial charge in [0.05, 0.1) is 5.69 Å². The maximum atomic E-state index is 12.1. The third-order valence-corrected chi connectivity index (χ3v) is 4.82. The van der Waals surface area contributed by atoms with Gasteiger partial charge < -0.3 is 10.1 Å². The molecule has 0 saturated heterocycles. The van der Waals surface area contributed by atoms with Crippen molar-refractivity contribution in [3.05, 3.63) is 88.4 Å². The van der Waals surface area contributed by atoms with Crippen molar-refractivity contribution < 1.29 is 9.53 Å². The van der Waals surface area contributed by atoms with E-state index in [0.717, 1.165) is 23.2 Å². The second kappa shape index (κ2) is 9.89. The van der Waals surface area contributed by atoms with Crippen LogP contribution in [0.4, 0.5) is 11.4 Å². The number of aryl methyl sites for hydroxylation is 2. The van der Waals surface area contributed by atoms with Gasteiger partial charge >= 0.3 is 0 Å². The molecule has 3 aromatic rings. The molecule has 5 heteroatoms. The van der Waals surface area contributed by atoms with E-state index in [-0.39, 0.29) is 12.5 Å². The van der Waals surface area contributed by atoms with Gasteiger partial charge in [0.25, 0.3) is 5.91 Å². The highest BCUT2D eigenvalue weighted by molar-refractivity contribution is 6.31. The monoisotopic (exact) mass is 406 g/mol. The second-order valence-corrected chi connectivity index (χ2v) is 7.06. The molecule has 0 saturated carbocycles. The quantitative estimate of drug-likeness (QED) is 0.491. The third kappa shape index (κ3) is 6.19. The molecule has 0 spiro atoms. The molecule has 1 amide bonds. The molecular weight excluding hydrogens is 384 g/mol. The van der Waals surface area contributed by atoms with E-state index in [1.165, 1.54) is 5.56 Å². The maximum absolute atomic E-state index is 12.1. The Bertz CT molecular complexity index is 996. The van der Waals surface area contributed by atoms with Gasteiger partial charge in [-0.25, -0.2) is 0 Å². The molecule has 4 nitrogen and oxygen atoms in total. The van der Waals surface area contributed by atoms with Crippen molar-refractivity contribution in [2.45, 2.75) is 20.3 Å². The molecule has 0 aliphatic rings. The van der Waals surface area contributed by atoms with Gasteiger partial charge in [0.15, 0.2) is 6.61 Å². The molecule has 0 unspecified atom stereocenters. The van der Waals surface area contributed by atoms with Gasteiger partial charge in [-0.2, -0.15) is 0 Å². The normalized spacial score (nSPS) is 10.9. The molecule has 0 bridgehead atoms. The van der Waals surface area contributed by atoms with Gasteiger partial charge in [0.2, 0.25) is 0 Å². The summed E-state index contributed by atoms with van der Waals surface area (Å²) in [5.74, 6) is 0.373. The van der Waals surface area contributed by atoms with Crippen molar-refractivity contribution in [1.82, 2.24) is 0 Å². The van der Waals surface area contributed by atoms with Gasteiger partial charge in [0, 0.05) is 16.9 Å². The Morgan fingerprint density at radius 3 is 2.45 bits per heavy atom. The number of carbonyl (C=O) groups excluding carboxylic acids is 1. The van der Waals surface area contributed by atoms with Crippen LogP contribution in [-0.4, -0.2) is 18.7 Å². The van der Waals surface area contributed by atoms with E-state index in [1.807, 2.05) is 55.5 Å². The van der Waals surface area contributed by atoms with Crippen LogP contribution in [0.1, 0.15) is 23.6 Å². The van der Waals surface area contributed by atoms with Crippen molar-refractivity contribution >= 4 is 35.1 Å². The van der Waals surface area contributed by atoms with Gasteiger partial charge in [-0.3, -0.25) is 9.79 Å². The first-order chi connectivity index (χ1) is 14.0. The standard InChI is InChI=1S/C24H23ClN2O2/c1-3-18-5-10-20(11-6-18)26-15-19-7-12-22(13-8-19)29-16-24(28)27-21-9-4-17(2)23(25)14-21/h4-15H,3,16H2,1-2H3,(H,27,28). The fourth-order valence-corrected chi connectivity index (χ4v) is 2.81. The number of benzene rings is 3. The predicted octanol–water partition coefficient (Wildman–Crippen LogP) is 5.98. The third-order valence-electron chi connectivity index (χ3n) is 4.41. The lowest BCUT2D eigenvalue weighted by atomic mass is 10.1. The summed E-state index contributed by atoms with van der Waals surface area (Å²) in [6.07, 6.45) is 2.82. The zero-order chi connectivity index (χ0) is 20.6. The lowest BCUT2D eigenvalue weighted by Gasteiger charge is -2.08. The van der Waals surface area contributed by atoms with Crippen molar-refractivity contribution in [3.8, 4) is 5.75 Å². The van der Waals surface area contributed by atoms with Crippen LogP contribution >= 0.6 is 11.6 Å². The van der Waals surface area contributed by atoms with E-state index in [0.29, 0.717) is 16.5 Å². The number of amides is 1. The van der Waals surface area contributed by atoms with Crippen molar-refractivity contribution in [2.75, 3.05) is 11.9 Å². The average molecular weight is 407 g/mol. The van der Waals surface area contributed by atoms with E-state index in [2.05, 4.69) is 29.4 Å². The average Bonchev–Trinajstić information content (AvgIpc) is 2.74. The number of halogens is 1. The molecule has 0 fully saturated rings. The van der Waals surface area contributed by atoms with Gasteiger partial charge in [0.1, 0.15) is 5.75 Å². The Labute approximate surface area is 176 Å². The molecule has 29 heavy (non-hydrogen) atoms. The van der Waals surface area contributed by atoms with Crippen LogP contribution in [-0.2, 0) is 11.2 Å². The molecule has 3 rings (SSSR count). The first kappa shape index (κ1) is 20.6. The minimum atomic E-state index is -0.244. The van der Waals surface area contributed by atoms with Crippen LogP contribution in [0.3, 0.4) is 0 Å². The molecule has 0 aromatic heterocycles. The highest BCUT2D eigenvalue weighted by Crippen LogP contribution is 2.20. The summed E-state index contributed by atoms with van der Waals surface area (Å²) in [7, 11) is 0. The van der Waals surface area contributed by atoms with Gasteiger partial charge in [-0.05, 0) is 78.6 Å². The molecule has 0 heterocycles. The smallest absolute Gasteiger partial charge is 0.262 e. The SMILES string of the molecule is CCc1ccc(N=Cc2ccc(OCC(=O)Nc3ccc(C)c(Cl)c3)cc2)cc1. The number of nitrogens with one attached hydrogen (secondary N) is 1. The maximum Gasteiger partial charge on any atom is 0.262 e. The Morgan fingerprint density at radius 2 is 1.79 bits per heavy atom. The number of hydrogen-bond acceptors (Lipinski definition) is 3. The van der Waals surface area contributed by atoms with Crippen LogP contribution in [0, 0.1) is 6.92 Å². The van der Waals surface area contributed by atoms with Crippen molar-refractivity contribution in [2.24, 2.45) is 4.99 Å². The van der Waals surface area contributed by atoms with Crippen LogP contribution < -0.4 is 10.1 Å². The molecular formula is C24H23ClN2O2. The topological polar surface area (TPSA) is 50.7 Å². The van der Waals surface area contributed by atoms with Crippen LogP contribution in [0.2, 0.25) is 5.02 Å². The lowest BCUT2D eigenvalue weighted by molar-refractivity contribution is -0.118. The van der Waals surface area contributed by atoms with Gasteiger partial charge in [-0.15, -0.1) is 0 Å². The largest absolute Gasteiger partial charge is 0.484 e.